The Morgan fingerprint density at radius 2 is 2.07 bits per heavy atom. The zero-order chi connectivity index (χ0) is 19.5. The van der Waals surface area contributed by atoms with Crippen molar-refractivity contribution in [2.45, 2.75) is 25.0 Å². The van der Waals surface area contributed by atoms with Crippen LogP contribution in [0.1, 0.15) is 19.4 Å². The van der Waals surface area contributed by atoms with Gasteiger partial charge in [0.15, 0.2) is 5.75 Å². The largest absolute Gasteiger partial charge is 0.459 e. The van der Waals surface area contributed by atoms with Gasteiger partial charge in [0.2, 0.25) is 5.72 Å². The summed E-state index contributed by atoms with van der Waals surface area (Å²) in [5, 5.41) is 11.8. The number of hydrogen-bond acceptors (Lipinski definition) is 5. The van der Waals surface area contributed by atoms with Crippen LogP contribution in [-0.2, 0) is 5.41 Å². The van der Waals surface area contributed by atoms with Crippen molar-refractivity contribution in [3.05, 3.63) is 59.4 Å². The lowest BCUT2D eigenvalue weighted by Gasteiger charge is -2.45. The molecule has 0 saturated heterocycles. The number of ether oxygens (including phenoxy) is 1. The molecule has 2 aliphatic heterocycles. The first kappa shape index (κ1) is 17.0. The third kappa shape index (κ3) is 2.01. The molecule has 1 atom stereocenters. The number of nitriles is 1. The molecule has 0 aliphatic carbocycles. The Kier molecular flexibility index (Phi) is 3.47. The number of anilines is 1. The second kappa shape index (κ2) is 5.70. The van der Waals surface area contributed by atoms with Gasteiger partial charge >= 0.3 is 0 Å². The van der Waals surface area contributed by atoms with Crippen molar-refractivity contribution in [1.82, 2.24) is 4.98 Å². The van der Waals surface area contributed by atoms with Crippen molar-refractivity contribution >= 4 is 40.0 Å². The summed E-state index contributed by atoms with van der Waals surface area (Å²) in [6, 6.07) is 14.1. The average Bonchev–Trinajstić information content (AvgIpc) is 2.87. The SMILES string of the molecule is CC1(C)c2ccccc2N(CC#N)C12C=Nc1c(Cl)cc3cnccc3c1O2. The van der Waals surface area contributed by atoms with Crippen LogP contribution in [0.3, 0.4) is 0 Å². The maximum Gasteiger partial charge on any atom is 0.229 e. The van der Waals surface area contributed by atoms with E-state index in [0.29, 0.717) is 16.5 Å². The minimum Gasteiger partial charge on any atom is -0.459 e. The van der Waals surface area contributed by atoms with Crippen LogP contribution in [-0.4, -0.2) is 23.5 Å². The van der Waals surface area contributed by atoms with Gasteiger partial charge in [0.1, 0.15) is 12.2 Å². The second-order valence-electron chi connectivity index (χ2n) is 7.58. The zero-order valence-electron chi connectivity index (χ0n) is 15.5. The van der Waals surface area contributed by atoms with E-state index in [2.05, 4.69) is 31.0 Å². The van der Waals surface area contributed by atoms with E-state index in [1.807, 2.05) is 35.2 Å². The molecule has 3 heterocycles. The van der Waals surface area contributed by atoms with Crippen molar-refractivity contribution in [1.29, 1.82) is 5.26 Å². The molecule has 5 rings (SSSR count). The highest BCUT2D eigenvalue weighted by Crippen LogP contribution is 2.55. The molecule has 6 heteroatoms. The molecule has 2 aromatic carbocycles. The number of benzene rings is 2. The third-order valence-corrected chi connectivity index (χ3v) is 6.13. The van der Waals surface area contributed by atoms with E-state index in [4.69, 9.17) is 21.3 Å². The summed E-state index contributed by atoms with van der Waals surface area (Å²) in [6.07, 6.45) is 5.29. The van der Waals surface area contributed by atoms with Crippen molar-refractivity contribution in [2.75, 3.05) is 11.4 Å². The molecule has 28 heavy (non-hydrogen) atoms. The number of rotatable bonds is 1. The summed E-state index contributed by atoms with van der Waals surface area (Å²) in [5.41, 5.74) is 1.34. The monoisotopic (exact) mass is 388 g/mol. The van der Waals surface area contributed by atoms with Gasteiger partial charge in [-0.3, -0.25) is 4.98 Å². The highest BCUT2D eigenvalue weighted by atomic mass is 35.5. The Labute approximate surface area is 167 Å². The van der Waals surface area contributed by atoms with Crippen molar-refractivity contribution < 1.29 is 4.74 Å². The average molecular weight is 389 g/mol. The standard InChI is InChI=1S/C22H17ClN4O/c1-21(2)16-5-3-4-6-18(16)27(10-8-24)22(21)13-26-19-17(23)11-14-12-25-9-7-15(14)20(19)28-22/h3-7,9,11-13H,10H2,1-2H3. The summed E-state index contributed by atoms with van der Waals surface area (Å²) in [7, 11) is 0. The summed E-state index contributed by atoms with van der Waals surface area (Å²) in [5.74, 6) is 0.622. The summed E-state index contributed by atoms with van der Waals surface area (Å²) in [4.78, 5) is 10.9. The van der Waals surface area contributed by atoms with Crippen LogP contribution >= 0.6 is 11.6 Å². The van der Waals surface area contributed by atoms with Crippen LogP contribution in [0.2, 0.25) is 5.02 Å². The Balaban J connectivity index is 1.79. The van der Waals surface area contributed by atoms with Gasteiger partial charge in [0.25, 0.3) is 0 Å². The summed E-state index contributed by atoms with van der Waals surface area (Å²) < 4.78 is 6.75. The molecule has 0 amide bonds. The van der Waals surface area contributed by atoms with Gasteiger partial charge in [-0.2, -0.15) is 5.26 Å². The minimum absolute atomic E-state index is 0.182. The lowest BCUT2D eigenvalue weighted by Crippen LogP contribution is -2.62. The van der Waals surface area contributed by atoms with E-state index in [9.17, 15) is 5.26 Å². The molecule has 0 radical (unpaired) electrons. The number of para-hydroxylation sites is 1. The molecule has 1 unspecified atom stereocenters. The first-order valence-electron chi connectivity index (χ1n) is 9.04. The second-order valence-corrected chi connectivity index (χ2v) is 7.98. The molecule has 2 aliphatic rings. The predicted molar refractivity (Wildman–Crippen MR) is 111 cm³/mol. The lowest BCUT2D eigenvalue weighted by atomic mass is 9.77. The smallest absolute Gasteiger partial charge is 0.229 e. The highest BCUT2D eigenvalue weighted by molar-refractivity contribution is 6.34. The topological polar surface area (TPSA) is 61.5 Å². The van der Waals surface area contributed by atoms with Gasteiger partial charge < -0.3 is 9.64 Å². The third-order valence-electron chi connectivity index (χ3n) is 5.84. The fraction of sp³-hybridized carbons (Fsp3) is 0.227. The van der Waals surface area contributed by atoms with Gasteiger partial charge in [-0.15, -0.1) is 0 Å². The van der Waals surface area contributed by atoms with Gasteiger partial charge in [-0.1, -0.05) is 29.8 Å². The Morgan fingerprint density at radius 1 is 1.25 bits per heavy atom. The van der Waals surface area contributed by atoms with Gasteiger partial charge in [0, 0.05) is 28.9 Å². The summed E-state index contributed by atoms with van der Waals surface area (Å²) >= 11 is 6.49. The van der Waals surface area contributed by atoms with Crippen LogP contribution in [0.15, 0.2) is 53.8 Å². The molecule has 3 aromatic rings. The van der Waals surface area contributed by atoms with Crippen molar-refractivity contribution in [2.24, 2.45) is 4.99 Å². The fourth-order valence-electron chi connectivity index (χ4n) is 4.36. The first-order chi connectivity index (χ1) is 13.5. The number of fused-ring (bicyclic) bond motifs is 4. The van der Waals surface area contributed by atoms with E-state index in [1.165, 1.54) is 0 Å². The zero-order valence-corrected chi connectivity index (χ0v) is 16.2. The van der Waals surface area contributed by atoms with Crippen LogP contribution in [0, 0.1) is 11.3 Å². The van der Waals surface area contributed by atoms with Crippen molar-refractivity contribution in [3.63, 3.8) is 0 Å². The van der Waals surface area contributed by atoms with E-state index in [0.717, 1.165) is 22.0 Å². The van der Waals surface area contributed by atoms with Gasteiger partial charge in [-0.25, -0.2) is 4.99 Å². The Hall–Kier alpha value is -3.10. The normalized spacial score (nSPS) is 21.3. The molecule has 138 valence electrons. The maximum absolute atomic E-state index is 9.53. The molecule has 0 bridgehead atoms. The first-order valence-corrected chi connectivity index (χ1v) is 9.42. The molecular weight excluding hydrogens is 372 g/mol. The molecule has 1 spiro atoms. The molecule has 0 N–H and O–H groups in total. The van der Waals surface area contributed by atoms with Crippen LogP contribution in [0.25, 0.3) is 10.8 Å². The number of hydrogen-bond donors (Lipinski definition) is 0. The van der Waals surface area contributed by atoms with Crippen LogP contribution in [0.5, 0.6) is 5.75 Å². The molecule has 1 aromatic heterocycles. The van der Waals surface area contributed by atoms with Crippen LogP contribution < -0.4 is 9.64 Å². The number of aliphatic imine (C=N–C) groups is 1. The van der Waals surface area contributed by atoms with E-state index in [-0.39, 0.29) is 6.54 Å². The Morgan fingerprint density at radius 3 is 2.89 bits per heavy atom. The fourth-order valence-corrected chi connectivity index (χ4v) is 4.61. The minimum atomic E-state index is -0.930. The van der Waals surface area contributed by atoms with Gasteiger partial charge in [-0.05, 0) is 37.6 Å². The maximum atomic E-state index is 9.53. The summed E-state index contributed by atoms with van der Waals surface area (Å²) in [6.45, 7) is 4.42. The van der Waals surface area contributed by atoms with E-state index < -0.39 is 11.1 Å². The number of aromatic nitrogens is 1. The molecule has 0 saturated carbocycles. The molecule has 0 fully saturated rings. The molecular formula is C22H17ClN4O. The lowest BCUT2D eigenvalue weighted by molar-refractivity contribution is 0.0818. The predicted octanol–water partition coefficient (Wildman–Crippen LogP) is 5.00. The quantitative estimate of drug-likeness (QED) is 0.550. The van der Waals surface area contributed by atoms with Crippen molar-refractivity contribution in [3.8, 4) is 11.8 Å². The number of nitrogens with zero attached hydrogens (tertiary/aromatic N) is 4. The number of halogens is 1. The van der Waals surface area contributed by atoms with E-state index in [1.54, 1.807) is 18.6 Å². The molecule has 5 nitrogen and oxygen atoms in total. The van der Waals surface area contributed by atoms with Gasteiger partial charge in [0.05, 0.1) is 22.7 Å². The van der Waals surface area contributed by atoms with E-state index >= 15 is 0 Å². The van der Waals surface area contributed by atoms with Crippen LogP contribution in [0.4, 0.5) is 11.4 Å². The number of pyridine rings is 1. The Bertz CT molecular complexity index is 1200. The highest BCUT2D eigenvalue weighted by Gasteiger charge is 2.59.